The highest BCUT2D eigenvalue weighted by atomic mass is 16.5. The Morgan fingerprint density at radius 1 is 1.19 bits per heavy atom. The Morgan fingerprint density at radius 3 is 2.65 bits per heavy atom. The van der Waals surface area contributed by atoms with Crippen LogP contribution < -0.4 is 10.3 Å². The summed E-state index contributed by atoms with van der Waals surface area (Å²) in [6, 6.07) is 14.4. The molecule has 3 heterocycles. The molecule has 0 N–H and O–H groups in total. The van der Waals surface area contributed by atoms with Crippen LogP contribution in [0.2, 0.25) is 0 Å². The van der Waals surface area contributed by atoms with Crippen LogP contribution in [0.4, 0.5) is 0 Å². The smallest absolute Gasteiger partial charge is 0.269 e. The summed E-state index contributed by atoms with van der Waals surface area (Å²) >= 11 is 0. The van der Waals surface area contributed by atoms with E-state index in [1.54, 1.807) is 36.5 Å². The van der Waals surface area contributed by atoms with Crippen LogP contribution in [0.25, 0.3) is 11.7 Å². The minimum Gasteiger partial charge on any atom is -0.438 e. The van der Waals surface area contributed by atoms with Gasteiger partial charge in [-0.1, -0.05) is 24.3 Å². The third-order valence-electron chi connectivity index (χ3n) is 4.94. The Bertz CT molecular complexity index is 1250. The molecule has 0 aliphatic carbocycles. The van der Waals surface area contributed by atoms with Gasteiger partial charge < -0.3 is 14.4 Å². The van der Waals surface area contributed by atoms with Gasteiger partial charge in [0.1, 0.15) is 28.6 Å². The lowest BCUT2D eigenvalue weighted by molar-refractivity contribution is -0.130. The van der Waals surface area contributed by atoms with Crippen molar-refractivity contribution in [2.24, 2.45) is 0 Å². The van der Waals surface area contributed by atoms with E-state index < -0.39 is 11.5 Å². The normalized spacial score (nSPS) is 14.3. The van der Waals surface area contributed by atoms with Crippen molar-refractivity contribution >= 4 is 17.6 Å². The Balaban J connectivity index is 1.86. The molecule has 8 heteroatoms. The van der Waals surface area contributed by atoms with E-state index >= 15 is 0 Å². The highest BCUT2D eigenvalue weighted by molar-refractivity contribution is 6.02. The zero-order valence-electron chi connectivity index (χ0n) is 16.9. The first-order valence-electron chi connectivity index (χ1n) is 9.82. The van der Waals surface area contributed by atoms with E-state index in [0.717, 1.165) is 5.56 Å². The maximum atomic E-state index is 13.3. The summed E-state index contributed by atoms with van der Waals surface area (Å²) in [4.78, 5) is 32.2. The van der Waals surface area contributed by atoms with Crippen LogP contribution in [0.5, 0.6) is 11.6 Å². The molecule has 0 bridgehead atoms. The molecule has 31 heavy (non-hydrogen) atoms. The molecule has 1 aromatic carbocycles. The average Bonchev–Trinajstić information content (AvgIpc) is 2.80. The zero-order valence-corrected chi connectivity index (χ0v) is 16.9. The van der Waals surface area contributed by atoms with Crippen LogP contribution in [-0.4, -0.2) is 46.5 Å². The number of nitriles is 1. The Morgan fingerprint density at radius 2 is 1.94 bits per heavy atom. The molecule has 1 fully saturated rings. The molecule has 1 aliphatic rings. The van der Waals surface area contributed by atoms with Crippen molar-refractivity contribution in [2.45, 2.75) is 6.92 Å². The number of aryl methyl sites for hydroxylation is 1. The molecule has 2 aromatic heterocycles. The summed E-state index contributed by atoms with van der Waals surface area (Å²) < 4.78 is 12.5. The fraction of sp³-hybridized carbons (Fsp3) is 0.217. The van der Waals surface area contributed by atoms with E-state index in [0.29, 0.717) is 37.7 Å². The van der Waals surface area contributed by atoms with Crippen LogP contribution in [0, 0.1) is 18.3 Å². The van der Waals surface area contributed by atoms with Gasteiger partial charge in [-0.25, -0.2) is 0 Å². The number of ether oxygens (including phenoxy) is 2. The fourth-order valence-electron chi connectivity index (χ4n) is 3.32. The number of morpholine rings is 1. The topological polar surface area (TPSA) is 96.9 Å². The number of fused-ring (bicyclic) bond motifs is 1. The zero-order chi connectivity index (χ0) is 21.8. The van der Waals surface area contributed by atoms with E-state index in [1.807, 2.05) is 25.1 Å². The minimum absolute atomic E-state index is 0.0325. The first-order valence-corrected chi connectivity index (χ1v) is 9.82. The van der Waals surface area contributed by atoms with Gasteiger partial charge in [-0.15, -0.1) is 0 Å². The van der Waals surface area contributed by atoms with Gasteiger partial charge in [0.2, 0.25) is 5.88 Å². The minimum atomic E-state index is -0.454. The van der Waals surface area contributed by atoms with E-state index in [4.69, 9.17) is 9.47 Å². The second-order valence-corrected chi connectivity index (χ2v) is 7.01. The number of carbonyl (C=O) groups is 1. The number of hydrogen-bond donors (Lipinski definition) is 0. The first kappa shape index (κ1) is 20.3. The number of hydrogen-bond acceptors (Lipinski definition) is 6. The third-order valence-corrected chi connectivity index (χ3v) is 4.94. The van der Waals surface area contributed by atoms with Crippen molar-refractivity contribution in [1.29, 1.82) is 5.26 Å². The summed E-state index contributed by atoms with van der Waals surface area (Å²) in [6.07, 6.45) is 2.86. The Kier molecular flexibility index (Phi) is 5.78. The lowest BCUT2D eigenvalue weighted by Gasteiger charge is -2.26. The van der Waals surface area contributed by atoms with Gasteiger partial charge in [0.15, 0.2) is 0 Å². The van der Waals surface area contributed by atoms with Crippen molar-refractivity contribution in [3.63, 3.8) is 0 Å². The molecular weight excluding hydrogens is 396 g/mol. The average molecular weight is 416 g/mol. The third kappa shape index (κ3) is 4.17. The van der Waals surface area contributed by atoms with E-state index in [1.165, 1.54) is 15.4 Å². The summed E-state index contributed by atoms with van der Waals surface area (Å²) in [5.74, 6) is 0.0678. The lowest BCUT2D eigenvalue weighted by atomic mass is 10.1. The van der Waals surface area contributed by atoms with Crippen LogP contribution >= 0.6 is 0 Å². The number of benzene rings is 1. The lowest BCUT2D eigenvalue weighted by Crippen LogP contribution is -2.41. The van der Waals surface area contributed by atoms with E-state index in [9.17, 15) is 14.9 Å². The highest BCUT2D eigenvalue weighted by Crippen LogP contribution is 2.24. The molecule has 0 atom stereocenters. The first-order chi connectivity index (χ1) is 15.1. The molecule has 1 saturated heterocycles. The Labute approximate surface area is 178 Å². The largest absolute Gasteiger partial charge is 0.438 e. The number of nitrogens with zero attached hydrogens (tertiary/aromatic N) is 4. The molecule has 0 unspecified atom stereocenters. The van der Waals surface area contributed by atoms with Gasteiger partial charge in [0.05, 0.1) is 13.2 Å². The van der Waals surface area contributed by atoms with Crippen LogP contribution in [-0.2, 0) is 9.53 Å². The second-order valence-electron chi connectivity index (χ2n) is 7.01. The molecule has 1 aliphatic heterocycles. The maximum Gasteiger partial charge on any atom is 0.269 e. The van der Waals surface area contributed by atoms with Crippen LogP contribution in [0.3, 0.4) is 0 Å². The summed E-state index contributed by atoms with van der Waals surface area (Å²) in [5.41, 5.74) is 0.671. The predicted octanol–water partition coefficient (Wildman–Crippen LogP) is 2.56. The second kappa shape index (κ2) is 8.81. The number of aromatic nitrogens is 2. The van der Waals surface area contributed by atoms with Gasteiger partial charge in [0, 0.05) is 19.3 Å². The van der Waals surface area contributed by atoms with Gasteiger partial charge >= 0.3 is 0 Å². The van der Waals surface area contributed by atoms with Crippen molar-refractivity contribution < 1.29 is 14.3 Å². The highest BCUT2D eigenvalue weighted by Gasteiger charge is 2.23. The van der Waals surface area contributed by atoms with Gasteiger partial charge in [-0.3, -0.25) is 14.0 Å². The number of carbonyl (C=O) groups excluding carboxylic acids is 1. The quantitative estimate of drug-likeness (QED) is 0.479. The number of amides is 1. The molecule has 4 rings (SSSR count). The number of rotatable bonds is 4. The van der Waals surface area contributed by atoms with Crippen molar-refractivity contribution in [2.75, 3.05) is 26.3 Å². The molecule has 8 nitrogen and oxygen atoms in total. The van der Waals surface area contributed by atoms with E-state index in [-0.39, 0.29) is 17.0 Å². The van der Waals surface area contributed by atoms with E-state index in [2.05, 4.69) is 4.98 Å². The molecule has 3 aromatic rings. The van der Waals surface area contributed by atoms with Crippen LogP contribution in [0.1, 0.15) is 11.1 Å². The molecule has 0 spiro atoms. The molecule has 156 valence electrons. The summed E-state index contributed by atoms with van der Waals surface area (Å²) in [5, 5.41) is 9.65. The fourth-order valence-corrected chi connectivity index (χ4v) is 3.32. The van der Waals surface area contributed by atoms with Crippen molar-refractivity contribution in [1.82, 2.24) is 14.3 Å². The SMILES string of the molecule is Cc1cccn2c(=O)c(/C=C(\C#N)C(=O)N3CCOCC3)c(Oc3ccccc3)nc12. The summed E-state index contributed by atoms with van der Waals surface area (Å²) in [6.45, 7) is 3.43. The van der Waals surface area contributed by atoms with Crippen LogP contribution in [0.15, 0.2) is 59.0 Å². The molecule has 0 saturated carbocycles. The molecule has 0 radical (unpaired) electrons. The van der Waals surface area contributed by atoms with Gasteiger partial charge in [-0.05, 0) is 36.8 Å². The maximum absolute atomic E-state index is 13.3. The predicted molar refractivity (Wildman–Crippen MR) is 114 cm³/mol. The van der Waals surface area contributed by atoms with Crippen molar-refractivity contribution in [3.05, 3.63) is 75.7 Å². The van der Waals surface area contributed by atoms with Crippen molar-refractivity contribution in [3.8, 4) is 17.7 Å². The number of para-hydroxylation sites is 1. The van der Waals surface area contributed by atoms with Gasteiger partial charge in [-0.2, -0.15) is 10.2 Å². The number of pyridine rings is 1. The molecular formula is C23H20N4O4. The summed E-state index contributed by atoms with van der Waals surface area (Å²) in [7, 11) is 0. The Hall–Kier alpha value is -3.96. The van der Waals surface area contributed by atoms with Gasteiger partial charge in [0.25, 0.3) is 11.5 Å². The standard InChI is InChI=1S/C23H20N4O4/c1-16-6-5-9-27-20(16)25-21(31-18-7-3-2-4-8-18)19(23(27)29)14-17(15-24)22(28)26-10-12-30-13-11-26/h2-9,14H,10-13H2,1H3/b17-14+. The molecule has 1 amide bonds. The monoisotopic (exact) mass is 416 g/mol.